The van der Waals surface area contributed by atoms with Crippen molar-refractivity contribution >= 4 is 16.7 Å². The molecular formula is C22H23NO2. The van der Waals surface area contributed by atoms with E-state index in [0.717, 1.165) is 16.8 Å². The number of H-pyrrole nitrogens is 1. The van der Waals surface area contributed by atoms with E-state index in [2.05, 4.69) is 11.1 Å². The van der Waals surface area contributed by atoms with Crippen LogP contribution in [-0.4, -0.2) is 15.9 Å². The Morgan fingerprint density at radius 3 is 2.56 bits per heavy atom. The van der Waals surface area contributed by atoms with Crippen molar-refractivity contribution in [1.82, 2.24) is 4.98 Å². The first-order valence-corrected chi connectivity index (χ1v) is 9.10. The quantitative estimate of drug-likeness (QED) is 0.596. The van der Waals surface area contributed by atoms with Crippen LogP contribution in [0.1, 0.15) is 60.9 Å². The predicted octanol–water partition coefficient (Wildman–Crippen LogP) is 5.79. The van der Waals surface area contributed by atoms with E-state index in [-0.39, 0.29) is 11.5 Å². The van der Waals surface area contributed by atoms with Crippen molar-refractivity contribution in [1.29, 1.82) is 0 Å². The van der Waals surface area contributed by atoms with Crippen LogP contribution in [0.2, 0.25) is 0 Å². The number of hydrogen-bond acceptors (Lipinski definition) is 2. The molecule has 0 amide bonds. The molecule has 2 aromatic carbocycles. The summed E-state index contributed by atoms with van der Waals surface area (Å²) < 4.78 is 0. The molecule has 0 saturated heterocycles. The highest BCUT2D eigenvalue weighted by Gasteiger charge is 2.24. The third-order valence-electron chi connectivity index (χ3n) is 5.43. The maximum Gasteiger partial charge on any atom is 0.159 e. The summed E-state index contributed by atoms with van der Waals surface area (Å²) in [7, 11) is 0. The number of para-hydroxylation sites is 1. The number of aromatic amines is 1. The molecule has 0 atom stereocenters. The molecule has 3 aromatic rings. The van der Waals surface area contributed by atoms with Crippen LogP contribution in [-0.2, 0) is 0 Å². The van der Waals surface area contributed by atoms with E-state index in [0.29, 0.717) is 11.5 Å². The Hall–Kier alpha value is -2.55. The van der Waals surface area contributed by atoms with Crippen LogP contribution in [0, 0.1) is 0 Å². The molecule has 0 radical (unpaired) electrons. The van der Waals surface area contributed by atoms with Gasteiger partial charge in [-0.1, -0.05) is 43.5 Å². The lowest BCUT2D eigenvalue weighted by molar-refractivity contribution is 0.101. The number of benzene rings is 2. The lowest BCUT2D eigenvalue weighted by Gasteiger charge is -2.23. The number of phenols is 1. The number of fused-ring (bicyclic) bond motifs is 1. The molecule has 1 fully saturated rings. The number of hydrogen-bond donors (Lipinski definition) is 2. The summed E-state index contributed by atoms with van der Waals surface area (Å²) in [5.41, 5.74) is 4.83. The van der Waals surface area contributed by atoms with Gasteiger partial charge in [-0.25, -0.2) is 0 Å². The molecule has 0 unspecified atom stereocenters. The number of aromatic nitrogens is 1. The van der Waals surface area contributed by atoms with E-state index in [1.54, 1.807) is 13.0 Å². The monoisotopic (exact) mass is 333 g/mol. The Bertz CT molecular complexity index is 932. The Balaban J connectivity index is 1.96. The van der Waals surface area contributed by atoms with Crippen LogP contribution >= 0.6 is 0 Å². The second-order valence-corrected chi connectivity index (χ2v) is 7.08. The van der Waals surface area contributed by atoms with Crippen LogP contribution in [0.25, 0.3) is 22.2 Å². The van der Waals surface area contributed by atoms with Crippen LogP contribution < -0.4 is 0 Å². The van der Waals surface area contributed by atoms with Gasteiger partial charge in [-0.15, -0.1) is 0 Å². The first-order valence-electron chi connectivity index (χ1n) is 9.10. The fourth-order valence-corrected chi connectivity index (χ4v) is 4.15. The zero-order valence-electron chi connectivity index (χ0n) is 14.5. The van der Waals surface area contributed by atoms with Crippen molar-refractivity contribution < 1.29 is 9.90 Å². The van der Waals surface area contributed by atoms with Crippen molar-refractivity contribution in [2.75, 3.05) is 0 Å². The van der Waals surface area contributed by atoms with Crippen molar-refractivity contribution in [2.45, 2.75) is 44.9 Å². The summed E-state index contributed by atoms with van der Waals surface area (Å²) in [6.45, 7) is 1.59. The smallest absolute Gasteiger partial charge is 0.159 e. The maximum atomic E-state index is 11.8. The summed E-state index contributed by atoms with van der Waals surface area (Å²) in [4.78, 5) is 15.3. The lowest BCUT2D eigenvalue weighted by atomic mass is 9.81. The first kappa shape index (κ1) is 15.9. The van der Waals surface area contributed by atoms with Crippen molar-refractivity contribution in [3.05, 3.63) is 53.6 Å². The molecular weight excluding hydrogens is 310 g/mol. The molecule has 0 spiro atoms. The van der Waals surface area contributed by atoms with Gasteiger partial charge in [0, 0.05) is 22.0 Å². The van der Waals surface area contributed by atoms with Gasteiger partial charge in [-0.2, -0.15) is 0 Å². The van der Waals surface area contributed by atoms with E-state index >= 15 is 0 Å². The molecule has 1 saturated carbocycles. The Morgan fingerprint density at radius 1 is 1.08 bits per heavy atom. The first-order chi connectivity index (χ1) is 12.1. The molecule has 25 heavy (non-hydrogen) atoms. The molecule has 1 aromatic heterocycles. The average molecular weight is 333 g/mol. The van der Waals surface area contributed by atoms with Crippen LogP contribution in [0.15, 0.2) is 42.5 Å². The number of Topliss-reactive ketones (excluding diaryl/α,β-unsaturated/α-hetero) is 1. The molecule has 0 bridgehead atoms. The highest BCUT2D eigenvalue weighted by Crippen LogP contribution is 2.44. The SMILES string of the molecule is CC(=O)c1ccc2c(C3CCCCC3)c(-c3ccccc3O)[nH]c2c1. The van der Waals surface area contributed by atoms with Gasteiger partial charge in [-0.3, -0.25) is 4.79 Å². The molecule has 1 aliphatic rings. The summed E-state index contributed by atoms with van der Waals surface area (Å²) in [5.74, 6) is 0.859. The van der Waals surface area contributed by atoms with Gasteiger partial charge < -0.3 is 10.1 Å². The summed E-state index contributed by atoms with van der Waals surface area (Å²) in [6.07, 6.45) is 6.18. The molecule has 4 rings (SSSR count). The van der Waals surface area contributed by atoms with Crippen LogP contribution in [0.3, 0.4) is 0 Å². The maximum absolute atomic E-state index is 11.8. The average Bonchev–Trinajstić information content (AvgIpc) is 3.01. The third kappa shape index (κ3) is 2.84. The van der Waals surface area contributed by atoms with Crippen molar-refractivity contribution in [3.63, 3.8) is 0 Å². The topological polar surface area (TPSA) is 53.1 Å². The molecule has 128 valence electrons. The van der Waals surface area contributed by atoms with E-state index < -0.39 is 0 Å². The fourth-order valence-electron chi connectivity index (χ4n) is 4.15. The van der Waals surface area contributed by atoms with Crippen LogP contribution in [0.5, 0.6) is 5.75 Å². The highest BCUT2D eigenvalue weighted by molar-refractivity contribution is 6.00. The normalized spacial score (nSPS) is 15.6. The molecule has 1 heterocycles. The Morgan fingerprint density at radius 2 is 1.84 bits per heavy atom. The highest BCUT2D eigenvalue weighted by atomic mass is 16.3. The van der Waals surface area contributed by atoms with Gasteiger partial charge in [0.1, 0.15) is 5.75 Å². The van der Waals surface area contributed by atoms with E-state index in [1.807, 2.05) is 30.3 Å². The van der Waals surface area contributed by atoms with E-state index in [1.165, 1.54) is 43.1 Å². The molecule has 3 nitrogen and oxygen atoms in total. The third-order valence-corrected chi connectivity index (χ3v) is 5.43. The minimum atomic E-state index is 0.0693. The van der Waals surface area contributed by atoms with Gasteiger partial charge in [0.2, 0.25) is 0 Å². The molecule has 1 aliphatic carbocycles. The Kier molecular flexibility index (Phi) is 4.08. The molecule has 3 heteroatoms. The summed E-state index contributed by atoms with van der Waals surface area (Å²) >= 11 is 0. The standard InChI is InChI=1S/C22H23NO2/c1-14(24)16-11-12-17-19(13-16)23-22(18-9-5-6-10-20(18)25)21(17)15-7-3-2-4-8-15/h5-6,9-13,15,23,25H,2-4,7-8H2,1H3. The summed E-state index contributed by atoms with van der Waals surface area (Å²) in [6, 6.07) is 13.4. The van der Waals surface area contributed by atoms with Gasteiger partial charge in [0.15, 0.2) is 5.78 Å². The molecule has 0 aliphatic heterocycles. The lowest BCUT2D eigenvalue weighted by Crippen LogP contribution is -2.05. The van der Waals surface area contributed by atoms with Gasteiger partial charge in [0.25, 0.3) is 0 Å². The number of nitrogens with one attached hydrogen (secondary N) is 1. The second kappa shape index (κ2) is 6.40. The van der Waals surface area contributed by atoms with Crippen LogP contribution in [0.4, 0.5) is 0 Å². The number of carbonyl (C=O) groups is 1. The van der Waals surface area contributed by atoms with Gasteiger partial charge in [0.05, 0.1) is 5.69 Å². The number of carbonyl (C=O) groups excluding carboxylic acids is 1. The number of ketones is 1. The van der Waals surface area contributed by atoms with E-state index in [4.69, 9.17) is 0 Å². The van der Waals surface area contributed by atoms with E-state index in [9.17, 15) is 9.90 Å². The molecule has 2 N–H and O–H groups in total. The zero-order chi connectivity index (χ0) is 17.4. The number of phenolic OH excluding ortho intramolecular Hbond substituents is 1. The minimum Gasteiger partial charge on any atom is -0.507 e. The predicted molar refractivity (Wildman–Crippen MR) is 101 cm³/mol. The Labute approximate surface area is 147 Å². The number of rotatable bonds is 3. The number of aromatic hydroxyl groups is 1. The van der Waals surface area contributed by atoms with Crippen molar-refractivity contribution in [3.8, 4) is 17.0 Å². The summed E-state index contributed by atoms with van der Waals surface area (Å²) in [5, 5.41) is 11.6. The second-order valence-electron chi connectivity index (χ2n) is 7.08. The fraction of sp³-hybridized carbons (Fsp3) is 0.318. The largest absolute Gasteiger partial charge is 0.507 e. The minimum absolute atomic E-state index is 0.0693. The van der Waals surface area contributed by atoms with Crippen molar-refractivity contribution in [2.24, 2.45) is 0 Å². The van der Waals surface area contributed by atoms with Gasteiger partial charge >= 0.3 is 0 Å². The van der Waals surface area contributed by atoms with Gasteiger partial charge in [-0.05, 0) is 49.4 Å². The zero-order valence-corrected chi connectivity index (χ0v) is 14.5.